The van der Waals surface area contributed by atoms with Crippen LogP contribution in [0.2, 0.25) is 0 Å². The van der Waals surface area contributed by atoms with Crippen LogP contribution in [0.5, 0.6) is 0 Å². The van der Waals surface area contributed by atoms with E-state index in [4.69, 9.17) is 7.98 Å². The molecule has 1 heterocycles. The average Bonchev–Trinajstić information content (AvgIpc) is 2.56. The average molecular weight is 232 g/mol. The zero-order chi connectivity index (χ0) is 13.0. The van der Waals surface area contributed by atoms with Gasteiger partial charge in [-0.25, -0.2) is 9.69 Å². The van der Waals surface area contributed by atoms with Gasteiger partial charge in [0.25, 0.3) is 5.91 Å². The molecule has 90 valence electrons. The number of rotatable bonds is 5. The summed E-state index contributed by atoms with van der Waals surface area (Å²) in [6.07, 6.45) is 5.34. The first kappa shape index (κ1) is 13.5. The van der Waals surface area contributed by atoms with E-state index in [1.54, 1.807) is 0 Å². The molecule has 3 amide bonds. The highest BCUT2D eigenvalue weighted by Gasteiger charge is 2.34. The van der Waals surface area contributed by atoms with Gasteiger partial charge in [0.1, 0.15) is 0 Å². The Bertz CT molecular complexity index is 362. The first-order chi connectivity index (χ1) is 8.04. The lowest BCUT2D eigenvalue weighted by molar-refractivity contribution is -0.123. The summed E-state index contributed by atoms with van der Waals surface area (Å²) in [7, 11) is 5.41. The van der Waals surface area contributed by atoms with Crippen LogP contribution in [-0.4, -0.2) is 36.2 Å². The number of carbonyl (C=O) groups excluding carboxylic acids is 2. The summed E-state index contributed by atoms with van der Waals surface area (Å²) >= 11 is 0. The number of allylic oxidation sites excluding steroid dienone is 2. The van der Waals surface area contributed by atoms with Crippen molar-refractivity contribution in [2.75, 3.05) is 6.54 Å². The fraction of sp³-hybridized carbons (Fsp3) is 0.500. The van der Waals surface area contributed by atoms with Crippen LogP contribution in [0.1, 0.15) is 26.7 Å². The highest BCUT2D eigenvalue weighted by Crippen LogP contribution is 2.20. The first-order valence-electron chi connectivity index (χ1n) is 5.78. The van der Waals surface area contributed by atoms with E-state index in [9.17, 15) is 9.59 Å². The predicted octanol–water partition coefficient (Wildman–Crippen LogP) is 1.84. The lowest BCUT2D eigenvalue weighted by Crippen LogP contribution is -2.31. The van der Waals surface area contributed by atoms with Crippen molar-refractivity contribution in [2.45, 2.75) is 26.7 Å². The first-order valence-corrected chi connectivity index (χ1v) is 5.78. The van der Waals surface area contributed by atoms with Gasteiger partial charge in [-0.05, 0) is 24.8 Å². The molecule has 0 unspecified atom stereocenters. The summed E-state index contributed by atoms with van der Waals surface area (Å²) in [5, 5.41) is 0. The standard InChI is InChI=1S/C12H17BN2O2/c1-4-9(5-2)7-10(6-3)15-11(16)8-14(13)12(15)17/h6-7,9H,3-5,8H2,1-2H3/b10-7+. The van der Waals surface area contributed by atoms with E-state index in [1.165, 1.54) is 6.08 Å². The summed E-state index contributed by atoms with van der Waals surface area (Å²) in [4.78, 5) is 25.3. The minimum Gasteiger partial charge on any atom is -0.370 e. The number of amides is 3. The molecule has 5 heteroatoms. The van der Waals surface area contributed by atoms with Crippen molar-refractivity contribution in [3.05, 3.63) is 24.4 Å². The van der Waals surface area contributed by atoms with Crippen molar-refractivity contribution in [1.82, 2.24) is 9.71 Å². The van der Waals surface area contributed by atoms with E-state index in [0.29, 0.717) is 11.6 Å². The Morgan fingerprint density at radius 1 is 1.47 bits per heavy atom. The van der Waals surface area contributed by atoms with Crippen LogP contribution in [0.3, 0.4) is 0 Å². The van der Waals surface area contributed by atoms with Gasteiger partial charge in [0.05, 0.1) is 6.54 Å². The Hall–Kier alpha value is -1.52. The van der Waals surface area contributed by atoms with Gasteiger partial charge in [0.15, 0.2) is 0 Å². The Kier molecular flexibility index (Phi) is 4.55. The molecule has 0 aromatic carbocycles. The normalized spacial score (nSPS) is 17.2. The molecule has 0 spiro atoms. The van der Waals surface area contributed by atoms with Gasteiger partial charge in [-0.3, -0.25) is 4.79 Å². The van der Waals surface area contributed by atoms with Gasteiger partial charge in [-0.15, -0.1) is 0 Å². The molecule has 0 saturated carbocycles. The number of hydrogen-bond donors (Lipinski definition) is 0. The molecule has 17 heavy (non-hydrogen) atoms. The SMILES string of the molecule is [B]N1CC(=O)N(/C(C=C)=C/C(CC)CC)C1=O. The van der Waals surface area contributed by atoms with E-state index >= 15 is 0 Å². The van der Waals surface area contributed by atoms with E-state index in [2.05, 4.69) is 20.4 Å². The van der Waals surface area contributed by atoms with Crippen molar-refractivity contribution in [3.8, 4) is 0 Å². The van der Waals surface area contributed by atoms with Crippen LogP contribution in [0.15, 0.2) is 24.4 Å². The lowest BCUT2D eigenvalue weighted by Gasteiger charge is -2.17. The predicted molar refractivity (Wildman–Crippen MR) is 67.1 cm³/mol. The van der Waals surface area contributed by atoms with E-state index < -0.39 is 6.03 Å². The second-order valence-electron chi connectivity index (χ2n) is 4.01. The second-order valence-corrected chi connectivity index (χ2v) is 4.01. The molecule has 0 aromatic heterocycles. The topological polar surface area (TPSA) is 40.6 Å². The van der Waals surface area contributed by atoms with Gasteiger partial charge in [0.2, 0.25) is 7.98 Å². The Morgan fingerprint density at radius 2 is 2.06 bits per heavy atom. The van der Waals surface area contributed by atoms with Crippen LogP contribution >= 0.6 is 0 Å². The fourth-order valence-corrected chi connectivity index (χ4v) is 1.77. The number of carbonyl (C=O) groups is 2. The fourth-order valence-electron chi connectivity index (χ4n) is 1.77. The molecule has 0 aromatic rings. The van der Waals surface area contributed by atoms with Crippen molar-refractivity contribution in [3.63, 3.8) is 0 Å². The molecule has 1 rings (SSSR count). The number of hydrogen-bond acceptors (Lipinski definition) is 2. The molecule has 1 fully saturated rings. The molecule has 0 N–H and O–H groups in total. The number of imide groups is 1. The van der Waals surface area contributed by atoms with Crippen LogP contribution in [-0.2, 0) is 4.79 Å². The third-order valence-electron chi connectivity index (χ3n) is 2.91. The molecular weight excluding hydrogens is 215 g/mol. The van der Waals surface area contributed by atoms with Gasteiger partial charge >= 0.3 is 6.03 Å². The third kappa shape index (κ3) is 2.78. The maximum absolute atomic E-state index is 11.7. The molecule has 2 radical (unpaired) electrons. The maximum atomic E-state index is 11.7. The Morgan fingerprint density at radius 3 is 2.41 bits per heavy atom. The van der Waals surface area contributed by atoms with Crippen LogP contribution < -0.4 is 0 Å². The van der Waals surface area contributed by atoms with Crippen LogP contribution in [0, 0.1) is 5.92 Å². The number of urea groups is 1. The van der Waals surface area contributed by atoms with Crippen molar-refractivity contribution in [2.24, 2.45) is 5.92 Å². The molecule has 4 nitrogen and oxygen atoms in total. The molecule has 1 aliphatic heterocycles. The van der Waals surface area contributed by atoms with Gasteiger partial charge < -0.3 is 4.81 Å². The van der Waals surface area contributed by atoms with E-state index in [1.807, 2.05) is 6.08 Å². The monoisotopic (exact) mass is 232 g/mol. The Labute approximate surface area is 103 Å². The van der Waals surface area contributed by atoms with Gasteiger partial charge in [-0.1, -0.05) is 26.5 Å². The summed E-state index contributed by atoms with van der Waals surface area (Å²) < 4.78 is 0. The van der Waals surface area contributed by atoms with Crippen molar-refractivity contribution >= 4 is 19.9 Å². The minimum atomic E-state index is -0.493. The van der Waals surface area contributed by atoms with Gasteiger partial charge in [-0.2, -0.15) is 0 Å². The summed E-state index contributed by atoms with van der Waals surface area (Å²) in [6, 6.07) is -0.493. The molecule has 1 aliphatic rings. The third-order valence-corrected chi connectivity index (χ3v) is 2.91. The zero-order valence-corrected chi connectivity index (χ0v) is 10.3. The summed E-state index contributed by atoms with van der Waals surface area (Å²) in [5.74, 6) is 0.0185. The quantitative estimate of drug-likeness (QED) is 0.412. The lowest BCUT2D eigenvalue weighted by atomic mass is 10.0. The van der Waals surface area contributed by atoms with Crippen molar-refractivity contribution in [1.29, 1.82) is 0 Å². The maximum Gasteiger partial charge on any atom is 0.318 e. The second kappa shape index (κ2) is 5.71. The summed E-state index contributed by atoms with van der Waals surface area (Å²) in [5.41, 5.74) is 0.529. The molecule has 0 bridgehead atoms. The largest absolute Gasteiger partial charge is 0.370 e. The minimum absolute atomic E-state index is 0.0765. The molecule has 0 aliphatic carbocycles. The Balaban J connectivity index is 2.98. The molecule has 1 saturated heterocycles. The van der Waals surface area contributed by atoms with Gasteiger partial charge in [0, 0.05) is 5.70 Å². The smallest absolute Gasteiger partial charge is 0.318 e. The highest BCUT2D eigenvalue weighted by atomic mass is 16.2. The molecular formula is C12H17BN2O2. The number of nitrogens with zero attached hydrogens (tertiary/aromatic N) is 2. The van der Waals surface area contributed by atoms with Crippen LogP contribution in [0.4, 0.5) is 4.79 Å². The summed E-state index contributed by atoms with van der Waals surface area (Å²) in [6.45, 7) is 7.70. The zero-order valence-electron chi connectivity index (χ0n) is 10.3. The van der Waals surface area contributed by atoms with E-state index in [-0.39, 0.29) is 12.5 Å². The van der Waals surface area contributed by atoms with Crippen molar-refractivity contribution < 1.29 is 9.59 Å². The molecule has 0 atom stereocenters. The van der Waals surface area contributed by atoms with E-state index in [0.717, 1.165) is 22.6 Å². The van der Waals surface area contributed by atoms with Crippen LogP contribution in [0.25, 0.3) is 0 Å². The highest BCUT2D eigenvalue weighted by molar-refractivity contribution is 6.21.